The molecule has 3 N–H and O–H groups in total. The number of anilines is 1. The first-order valence-electron chi connectivity index (χ1n) is 6.83. The number of nitrogens with one attached hydrogen (secondary N) is 1. The van der Waals surface area contributed by atoms with Gasteiger partial charge >= 0.3 is 0 Å². The third-order valence-electron chi connectivity index (χ3n) is 3.10. The Bertz CT molecular complexity index is 515. The summed E-state index contributed by atoms with van der Waals surface area (Å²) in [5.41, 5.74) is 6.23. The van der Waals surface area contributed by atoms with Gasteiger partial charge in [0, 0.05) is 6.04 Å². The van der Waals surface area contributed by atoms with E-state index in [4.69, 9.17) is 10.5 Å². The molecule has 20 heavy (non-hydrogen) atoms. The number of nitrogens with two attached hydrogens (primary N) is 1. The first kappa shape index (κ1) is 16.8. The van der Waals surface area contributed by atoms with Gasteiger partial charge in [0.05, 0.1) is 11.4 Å². The Kier molecular flexibility index (Phi) is 6.29. The number of sulfonamides is 1. The van der Waals surface area contributed by atoms with Crippen LogP contribution in [0.25, 0.3) is 0 Å². The van der Waals surface area contributed by atoms with Gasteiger partial charge in [-0.25, -0.2) is 13.1 Å². The van der Waals surface area contributed by atoms with E-state index in [2.05, 4.69) is 4.72 Å². The fraction of sp³-hybridized carbons (Fsp3) is 0.571. The third kappa shape index (κ3) is 5.38. The molecule has 0 fully saturated rings. The van der Waals surface area contributed by atoms with Crippen LogP contribution in [0.5, 0.6) is 5.75 Å². The Balaban J connectivity index is 2.50. The highest BCUT2D eigenvalue weighted by Crippen LogP contribution is 2.19. The third-order valence-corrected chi connectivity index (χ3v) is 4.47. The van der Waals surface area contributed by atoms with Crippen molar-refractivity contribution in [2.45, 2.75) is 33.2 Å². The van der Waals surface area contributed by atoms with Crippen LogP contribution in [-0.4, -0.2) is 26.8 Å². The first-order valence-corrected chi connectivity index (χ1v) is 8.48. The minimum Gasteiger partial charge on any atom is -0.490 e. The summed E-state index contributed by atoms with van der Waals surface area (Å²) in [5, 5.41) is 0. The van der Waals surface area contributed by atoms with Crippen molar-refractivity contribution in [3.63, 3.8) is 0 Å². The van der Waals surface area contributed by atoms with Gasteiger partial charge in [-0.2, -0.15) is 0 Å². The number of rotatable bonds is 8. The molecule has 1 aromatic carbocycles. The topological polar surface area (TPSA) is 81.4 Å². The zero-order valence-electron chi connectivity index (χ0n) is 12.3. The molecular formula is C14H24N2O3S. The quantitative estimate of drug-likeness (QED) is 0.720. The summed E-state index contributed by atoms with van der Waals surface area (Å²) < 4.78 is 32.0. The highest BCUT2D eigenvalue weighted by atomic mass is 32.2. The Hall–Kier alpha value is -1.27. The molecular weight excluding hydrogens is 276 g/mol. The molecule has 0 amide bonds. The van der Waals surface area contributed by atoms with Crippen molar-refractivity contribution >= 4 is 15.7 Å². The van der Waals surface area contributed by atoms with E-state index in [9.17, 15) is 8.42 Å². The smallest absolute Gasteiger partial charge is 0.215 e. The molecule has 0 spiro atoms. The molecule has 1 aromatic rings. The zero-order chi connectivity index (χ0) is 15.2. The molecule has 114 valence electrons. The molecule has 0 aliphatic heterocycles. The molecule has 0 aromatic heterocycles. The second-order valence-electron chi connectivity index (χ2n) is 5.08. The van der Waals surface area contributed by atoms with Gasteiger partial charge in [0.1, 0.15) is 12.4 Å². The Morgan fingerprint density at radius 3 is 2.50 bits per heavy atom. The summed E-state index contributed by atoms with van der Waals surface area (Å²) in [6.07, 6.45) is 0.767. The predicted molar refractivity (Wildman–Crippen MR) is 82.2 cm³/mol. The van der Waals surface area contributed by atoms with Gasteiger partial charge in [0.2, 0.25) is 10.0 Å². The fourth-order valence-corrected chi connectivity index (χ4v) is 3.17. The summed E-state index contributed by atoms with van der Waals surface area (Å²) in [5.74, 6) is 0.698. The second-order valence-corrected chi connectivity index (χ2v) is 6.96. The van der Waals surface area contributed by atoms with Gasteiger partial charge in [-0.3, -0.25) is 0 Å². The van der Waals surface area contributed by atoms with Gasteiger partial charge in [-0.15, -0.1) is 0 Å². The van der Waals surface area contributed by atoms with Crippen molar-refractivity contribution in [2.75, 3.05) is 18.1 Å². The van der Waals surface area contributed by atoms with Crippen molar-refractivity contribution in [3.8, 4) is 5.75 Å². The lowest BCUT2D eigenvalue weighted by molar-refractivity contribution is 0.340. The summed E-state index contributed by atoms with van der Waals surface area (Å²) in [6, 6.07) is 6.99. The largest absolute Gasteiger partial charge is 0.490 e. The lowest BCUT2D eigenvalue weighted by atomic mass is 10.0. The molecule has 6 heteroatoms. The maximum atomic E-state index is 12.0. The maximum Gasteiger partial charge on any atom is 0.215 e. The number of para-hydroxylation sites is 2. The summed E-state index contributed by atoms with van der Waals surface area (Å²) in [6.45, 7) is 6.04. The standard InChI is InChI=1S/C14H24N2O3S/c1-4-13(11(2)3)16-20(17,18)10-9-19-14-8-6-5-7-12(14)15/h5-8,11,13,16H,4,9-10,15H2,1-3H3. The van der Waals surface area contributed by atoms with Gasteiger partial charge < -0.3 is 10.5 Å². The van der Waals surface area contributed by atoms with E-state index in [1.165, 1.54) is 0 Å². The highest BCUT2D eigenvalue weighted by Gasteiger charge is 2.19. The predicted octanol–water partition coefficient (Wildman–Crippen LogP) is 2.00. The van der Waals surface area contributed by atoms with Crippen molar-refractivity contribution in [1.82, 2.24) is 4.72 Å². The lowest BCUT2D eigenvalue weighted by Gasteiger charge is -2.20. The average Bonchev–Trinajstić information content (AvgIpc) is 2.38. The maximum absolute atomic E-state index is 12.0. The average molecular weight is 300 g/mol. The van der Waals surface area contributed by atoms with E-state index in [1.54, 1.807) is 24.3 Å². The number of nitrogen functional groups attached to an aromatic ring is 1. The Morgan fingerprint density at radius 1 is 1.30 bits per heavy atom. The van der Waals surface area contributed by atoms with Crippen LogP contribution in [0.4, 0.5) is 5.69 Å². The molecule has 0 aliphatic rings. The van der Waals surface area contributed by atoms with E-state index in [0.717, 1.165) is 6.42 Å². The first-order chi connectivity index (χ1) is 9.35. The molecule has 1 atom stereocenters. The van der Waals surface area contributed by atoms with E-state index in [-0.39, 0.29) is 24.3 Å². The Labute approximate surface area is 121 Å². The van der Waals surface area contributed by atoms with Crippen LogP contribution in [0, 0.1) is 5.92 Å². The molecule has 0 aliphatic carbocycles. The van der Waals surface area contributed by atoms with Gasteiger partial charge in [-0.1, -0.05) is 32.9 Å². The summed E-state index contributed by atoms with van der Waals surface area (Å²) >= 11 is 0. The van der Waals surface area contributed by atoms with E-state index in [0.29, 0.717) is 11.4 Å². The lowest BCUT2D eigenvalue weighted by Crippen LogP contribution is -2.40. The molecule has 0 radical (unpaired) electrons. The number of benzene rings is 1. The van der Waals surface area contributed by atoms with Crippen LogP contribution in [0.15, 0.2) is 24.3 Å². The van der Waals surface area contributed by atoms with Gasteiger partial charge in [0.25, 0.3) is 0 Å². The van der Waals surface area contributed by atoms with Crippen LogP contribution in [0.1, 0.15) is 27.2 Å². The van der Waals surface area contributed by atoms with Gasteiger partial charge in [0.15, 0.2) is 0 Å². The normalized spacial score (nSPS) is 13.4. The number of hydrogen-bond donors (Lipinski definition) is 2. The fourth-order valence-electron chi connectivity index (χ4n) is 1.85. The highest BCUT2D eigenvalue weighted by molar-refractivity contribution is 7.89. The minimum absolute atomic E-state index is 0.0400. The van der Waals surface area contributed by atoms with Crippen molar-refractivity contribution in [2.24, 2.45) is 5.92 Å². The van der Waals surface area contributed by atoms with Crippen molar-refractivity contribution in [3.05, 3.63) is 24.3 Å². The molecule has 1 rings (SSSR count). The van der Waals surface area contributed by atoms with Crippen LogP contribution >= 0.6 is 0 Å². The van der Waals surface area contributed by atoms with E-state index >= 15 is 0 Å². The number of ether oxygens (including phenoxy) is 1. The molecule has 0 heterocycles. The van der Waals surface area contributed by atoms with Gasteiger partial charge in [-0.05, 0) is 24.5 Å². The van der Waals surface area contributed by atoms with Crippen LogP contribution in [0.2, 0.25) is 0 Å². The summed E-state index contributed by atoms with van der Waals surface area (Å²) in [7, 11) is -3.34. The minimum atomic E-state index is -3.34. The number of hydrogen-bond acceptors (Lipinski definition) is 4. The molecule has 5 nitrogen and oxygen atoms in total. The molecule has 0 saturated heterocycles. The van der Waals surface area contributed by atoms with E-state index in [1.807, 2.05) is 20.8 Å². The van der Waals surface area contributed by atoms with E-state index < -0.39 is 10.0 Å². The van der Waals surface area contributed by atoms with Crippen LogP contribution < -0.4 is 15.2 Å². The molecule has 0 bridgehead atoms. The summed E-state index contributed by atoms with van der Waals surface area (Å²) in [4.78, 5) is 0. The Morgan fingerprint density at radius 2 is 1.95 bits per heavy atom. The van der Waals surface area contributed by atoms with Crippen molar-refractivity contribution < 1.29 is 13.2 Å². The van der Waals surface area contributed by atoms with Crippen LogP contribution in [-0.2, 0) is 10.0 Å². The second kappa shape index (κ2) is 7.50. The molecule has 0 saturated carbocycles. The monoisotopic (exact) mass is 300 g/mol. The molecule has 1 unspecified atom stereocenters. The van der Waals surface area contributed by atoms with Crippen molar-refractivity contribution in [1.29, 1.82) is 0 Å². The SMILES string of the molecule is CCC(NS(=O)(=O)CCOc1ccccc1N)C(C)C. The zero-order valence-corrected chi connectivity index (χ0v) is 13.1. The van der Waals surface area contributed by atoms with Crippen LogP contribution in [0.3, 0.4) is 0 Å².